The second kappa shape index (κ2) is 7.32. The number of anilines is 2. The zero-order valence-electron chi connectivity index (χ0n) is 13.5. The first kappa shape index (κ1) is 16.4. The van der Waals surface area contributed by atoms with Crippen LogP contribution in [0.25, 0.3) is 0 Å². The fraction of sp³-hybridized carbons (Fsp3) is 0.278. The number of halogens is 1. The summed E-state index contributed by atoms with van der Waals surface area (Å²) in [5.41, 5.74) is 4.18. The smallest absolute Gasteiger partial charge is 0.0909 e. The molecular weight excluding hydrogens is 294 g/mol. The van der Waals surface area contributed by atoms with Crippen LogP contribution < -0.4 is 4.90 Å². The van der Waals surface area contributed by atoms with E-state index in [9.17, 15) is 0 Å². The van der Waals surface area contributed by atoms with Gasteiger partial charge in [-0.05, 0) is 43.7 Å². The summed E-state index contributed by atoms with van der Waals surface area (Å²) >= 11 is 6.29. The molecule has 0 amide bonds. The van der Waals surface area contributed by atoms with Gasteiger partial charge in [-0.1, -0.05) is 29.8 Å². The fourth-order valence-electron chi connectivity index (χ4n) is 2.17. The summed E-state index contributed by atoms with van der Waals surface area (Å²) < 4.78 is 0. The molecule has 0 radical (unpaired) electrons. The Morgan fingerprint density at radius 3 is 2.45 bits per heavy atom. The SMILES string of the molecule is CCN(C)C=Nc1cc(Cl)cc(N(C)c2ccccc2)c1C. The number of para-hydroxylation sites is 1. The zero-order chi connectivity index (χ0) is 16.1. The summed E-state index contributed by atoms with van der Waals surface area (Å²) in [4.78, 5) is 8.72. The van der Waals surface area contributed by atoms with Crippen molar-refractivity contribution in [2.45, 2.75) is 13.8 Å². The van der Waals surface area contributed by atoms with E-state index in [0.29, 0.717) is 5.02 Å². The van der Waals surface area contributed by atoms with Gasteiger partial charge in [-0.25, -0.2) is 4.99 Å². The van der Waals surface area contributed by atoms with Gasteiger partial charge in [-0.15, -0.1) is 0 Å². The normalized spacial score (nSPS) is 11.0. The third-order valence-electron chi connectivity index (χ3n) is 3.72. The van der Waals surface area contributed by atoms with Crippen molar-refractivity contribution in [2.75, 3.05) is 25.5 Å². The van der Waals surface area contributed by atoms with Crippen LogP contribution in [0.1, 0.15) is 12.5 Å². The summed E-state index contributed by atoms with van der Waals surface area (Å²) in [5.74, 6) is 0. The Morgan fingerprint density at radius 1 is 1.14 bits per heavy atom. The second-order valence-corrected chi connectivity index (χ2v) is 5.72. The molecule has 0 saturated carbocycles. The molecule has 2 rings (SSSR count). The molecule has 0 unspecified atom stereocenters. The topological polar surface area (TPSA) is 18.8 Å². The minimum absolute atomic E-state index is 0.690. The van der Waals surface area contributed by atoms with Gasteiger partial charge in [0, 0.05) is 37.0 Å². The maximum atomic E-state index is 6.29. The van der Waals surface area contributed by atoms with Gasteiger partial charge in [0.15, 0.2) is 0 Å². The molecule has 0 aliphatic rings. The monoisotopic (exact) mass is 315 g/mol. The van der Waals surface area contributed by atoms with Crippen molar-refractivity contribution in [1.82, 2.24) is 4.90 Å². The van der Waals surface area contributed by atoms with Gasteiger partial charge in [0.2, 0.25) is 0 Å². The highest BCUT2D eigenvalue weighted by atomic mass is 35.5. The van der Waals surface area contributed by atoms with Crippen LogP contribution in [-0.4, -0.2) is 31.9 Å². The number of aliphatic imine (C=N–C) groups is 1. The molecule has 0 aliphatic heterocycles. The van der Waals surface area contributed by atoms with Crippen molar-refractivity contribution in [1.29, 1.82) is 0 Å². The summed E-state index contributed by atoms with van der Waals surface area (Å²) in [6, 6.07) is 14.1. The summed E-state index contributed by atoms with van der Waals surface area (Å²) in [6.07, 6.45) is 1.84. The molecule has 0 bridgehead atoms. The number of rotatable bonds is 5. The molecular formula is C18H22ClN3. The van der Waals surface area contributed by atoms with Crippen molar-refractivity contribution in [2.24, 2.45) is 4.99 Å². The minimum Gasteiger partial charge on any atom is -0.366 e. The predicted octanol–water partition coefficient (Wildman–Crippen LogP) is 5.03. The summed E-state index contributed by atoms with van der Waals surface area (Å²) in [7, 11) is 4.04. The molecule has 0 N–H and O–H groups in total. The van der Waals surface area contributed by atoms with E-state index in [1.165, 1.54) is 0 Å². The van der Waals surface area contributed by atoms with Crippen molar-refractivity contribution < 1.29 is 0 Å². The van der Waals surface area contributed by atoms with Gasteiger partial charge in [-0.2, -0.15) is 0 Å². The molecule has 0 aliphatic carbocycles. The number of benzene rings is 2. The number of hydrogen-bond acceptors (Lipinski definition) is 2. The molecule has 0 spiro atoms. The first-order valence-corrected chi connectivity index (χ1v) is 7.74. The van der Waals surface area contributed by atoms with E-state index in [4.69, 9.17) is 11.6 Å². The maximum Gasteiger partial charge on any atom is 0.0909 e. The Hall–Kier alpha value is -2.00. The van der Waals surface area contributed by atoms with Gasteiger partial charge in [-0.3, -0.25) is 0 Å². The highest BCUT2D eigenvalue weighted by Gasteiger charge is 2.11. The van der Waals surface area contributed by atoms with Crippen molar-refractivity contribution in [3.05, 3.63) is 53.1 Å². The van der Waals surface area contributed by atoms with Gasteiger partial charge in [0.25, 0.3) is 0 Å². The van der Waals surface area contributed by atoms with Gasteiger partial charge >= 0.3 is 0 Å². The molecule has 0 aromatic heterocycles. The fourth-order valence-corrected chi connectivity index (χ4v) is 2.37. The van der Waals surface area contributed by atoms with E-state index < -0.39 is 0 Å². The third-order valence-corrected chi connectivity index (χ3v) is 3.93. The van der Waals surface area contributed by atoms with Gasteiger partial charge in [0.05, 0.1) is 12.0 Å². The lowest BCUT2D eigenvalue weighted by Gasteiger charge is -2.23. The van der Waals surface area contributed by atoms with Crippen LogP contribution in [0, 0.1) is 6.92 Å². The second-order valence-electron chi connectivity index (χ2n) is 5.28. The Bertz CT molecular complexity index is 653. The molecule has 0 heterocycles. The number of hydrogen-bond donors (Lipinski definition) is 0. The van der Waals surface area contributed by atoms with E-state index in [0.717, 1.165) is 29.2 Å². The van der Waals surface area contributed by atoms with Crippen LogP contribution in [0.15, 0.2) is 47.5 Å². The molecule has 3 nitrogen and oxygen atoms in total. The van der Waals surface area contributed by atoms with Crippen molar-refractivity contribution in [3.63, 3.8) is 0 Å². The Kier molecular flexibility index (Phi) is 5.45. The van der Waals surface area contributed by atoms with Crippen molar-refractivity contribution in [3.8, 4) is 0 Å². The zero-order valence-corrected chi connectivity index (χ0v) is 14.3. The lowest BCUT2D eigenvalue weighted by atomic mass is 10.1. The molecule has 0 saturated heterocycles. The van der Waals surface area contributed by atoms with Crippen LogP contribution in [0.4, 0.5) is 17.1 Å². The Labute approximate surface area is 137 Å². The predicted molar refractivity (Wildman–Crippen MR) is 97.2 cm³/mol. The molecule has 0 atom stereocenters. The summed E-state index contributed by atoms with van der Waals surface area (Å²) in [6.45, 7) is 5.08. The average Bonchev–Trinajstić information content (AvgIpc) is 2.55. The Morgan fingerprint density at radius 2 is 1.82 bits per heavy atom. The molecule has 2 aromatic rings. The first-order chi connectivity index (χ1) is 10.5. The average molecular weight is 316 g/mol. The van der Waals surface area contributed by atoms with Crippen LogP contribution in [-0.2, 0) is 0 Å². The van der Waals surface area contributed by atoms with E-state index in [2.05, 4.69) is 35.9 Å². The molecule has 4 heteroatoms. The highest BCUT2D eigenvalue weighted by molar-refractivity contribution is 6.31. The van der Waals surface area contributed by atoms with Gasteiger partial charge < -0.3 is 9.80 Å². The maximum absolute atomic E-state index is 6.29. The number of nitrogens with zero attached hydrogens (tertiary/aromatic N) is 3. The lowest BCUT2D eigenvalue weighted by molar-refractivity contribution is 0.552. The summed E-state index contributed by atoms with van der Waals surface area (Å²) in [5, 5.41) is 0.690. The lowest BCUT2D eigenvalue weighted by Crippen LogP contribution is -2.14. The Balaban J connectivity index is 2.40. The van der Waals surface area contributed by atoms with Gasteiger partial charge in [0.1, 0.15) is 0 Å². The van der Waals surface area contributed by atoms with Crippen molar-refractivity contribution >= 4 is 35.0 Å². The van der Waals surface area contributed by atoms with E-state index in [1.807, 2.05) is 55.7 Å². The van der Waals surface area contributed by atoms with Crippen LogP contribution in [0.3, 0.4) is 0 Å². The van der Waals surface area contributed by atoms with E-state index in [1.54, 1.807) is 0 Å². The van der Waals surface area contributed by atoms with Crippen LogP contribution in [0.5, 0.6) is 0 Å². The quantitative estimate of drug-likeness (QED) is 0.569. The minimum atomic E-state index is 0.690. The third kappa shape index (κ3) is 3.80. The molecule has 116 valence electrons. The largest absolute Gasteiger partial charge is 0.366 e. The van der Waals surface area contributed by atoms with E-state index in [-0.39, 0.29) is 0 Å². The van der Waals surface area contributed by atoms with Crippen LogP contribution >= 0.6 is 11.6 Å². The molecule has 22 heavy (non-hydrogen) atoms. The first-order valence-electron chi connectivity index (χ1n) is 7.36. The van der Waals surface area contributed by atoms with Crippen LogP contribution in [0.2, 0.25) is 5.02 Å². The molecule has 0 fully saturated rings. The highest BCUT2D eigenvalue weighted by Crippen LogP contribution is 2.35. The molecule has 2 aromatic carbocycles. The van der Waals surface area contributed by atoms with E-state index >= 15 is 0 Å². The standard InChI is InChI=1S/C18H22ClN3/c1-5-21(3)13-20-17-11-15(19)12-18(14(17)2)22(4)16-9-7-6-8-10-16/h6-13H,5H2,1-4H3.